The Bertz CT molecular complexity index is 1570. The maximum Gasteiger partial charge on any atom is 0.262 e. The number of aromatic nitrogens is 3. The fourth-order valence-electron chi connectivity index (χ4n) is 5.65. The summed E-state index contributed by atoms with van der Waals surface area (Å²) in [5.41, 5.74) is 8.17. The van der Waals surface area contributed by atoms with Gasteiger partial charge in [-0.05, 0) is 75.9 Å². The van der Waals surface area contributed by atoms with E-state index in [1.807, 2.05) is 19.2 Å². The molecule has 40 heavy (non-hydrogen) atoms. The van der Waals surface area contributed by atoms with Crippen LogP contribution in [0.2, 0.25) is 5.02 Å². The highest BCUT2D eigenvalue weighted by Crippen LogP contribution is 2.50. The molecule has 1 aliphatic carbocycles. The number of nitrogens with two attached hydrogens (primary N) is 1. The Labute approximate surface area is 242 Å². The van der Waals surface area contributed by atoms with Gasteiger partial charge in [0.25, 0.3) is 5.56 Å². The minimum atomic E-state index is -1.07. The molecule has 3 aromatic rings. The number of hydrogen-bond donors (Lipinski definition) is 2. The van der Waals surface area contributed by atoms with Gasteiger partial charge in [-0.2, -0.15) is 0 Å². The van der Waals surface area contributed by atoms with Gasteiger partial charge in [0.15, 0.2) is 0 Å². The highest BCUT2D eigenvalue weighted by Gasteiger charge is 2.46. The number of aliphatic imine (C=N–C) groups is 2. The van der Waals surface area contributed by atoms with Crippen LogP contribution in [0.1, 0.15) is 50.9 Å². The van der Waals surface area contributed by atoms with E-state index in [2.05, 4.69) is 37.6 Å². The van der Waals surface area contributed by atoms with Crippen LogP contribution in [0.5, 0.6) is 0 Å². The molecule has 5 rings (SSSR count). The predicted molar refractivity (Wildman–Crippen MR) is 162 cm³/mol. The zero-order valence-corrected chi connectivity index (χ0v) is 24.5. The van der Waals surface area contributed by atoms with Gasteiger partial charge in [0.05, 0.1) is 40.6 Å². The molecular weight excluding hydrogens is 546 g/mol. The van der Waals surface area contributed by atoms with E-state index in [9.17, 15) is 9.90 Å². The molecule has 0 amide bonds. The third-order valence-corrected chi connectivity index (χ3v) is 9.35. The molecule has 1 atom stereocenters. The van der Waals surface area contributed by atoms with E-state index in [4.69, 9.17) is 17.3 Å². The van der Waals surface area contributed by atoms with E-state index in [0.717, 1.165) is 43.9 Å². The lowest BCUT2D eigenvalue weighted by Gasteiger charge is -2.42. The summed E-state index contributed by atoms with van der Waals surface area (Å²) in [6.45, 7) is 10.8. The van der Waals surface area contributed by atoms with Crippen LogP contribution in [0, 0.1) is 5.41 Å². The first-order chi connectivity index (χ1) is 19.0. The van der Waals surface area contributed by atoms with Crippen molar-refractivity contribution in [2.75, 3.05) is 13.1 Å². The van der Waals surface area contributed by atoms with Crippen molar-refractivity contribution in [2.45, 2.75) is 63.1 Å². The average Bonchev–Trinajstić information content (AvgIpc) is 3.19. The normalized spacial score (nSPS) is 19.4. The van der Waals surface area contributed by atoms with Gasteiger partial charge in [-0.15, -0.1) is 0 Å². The summed E-state index contributed by atoms with van der Waals surface area (Å²) >= 11 is 7.98. The fraction of sp³-hybridized carbons (Fsp3) is 0.414. The maximum absolute atomic E-state index is 13.1. The minimum absolute atomic E-state index is 0.0182. The topological polar surface area (TPSA) is 122 Å². The predicted octanol–water partition coefficient (Wildman–Crippen LogP) is 4.56. The number of pyridine rings is 1. The van der Waals surface area contributed by atoms with Crippen LogP contribution in [0.15, 0.2) is 67.7 Å². The molecule has 210 valence electrons. The first-order valence-corrected chi connectivity index (χ1v) is 14.4. The van der Waals surface area contributed by atoms with Crippen LogP contribution in [0.25, 0.3) is 10.9 Å². The third-order valence-electron chi connectivity index (χ3n) is 7.84. The van der Waals surface area contributed by atoms with E-state index < -0.39 is 5.60 Å². The molecular formula is C29H34ClN7O2S. The Hall–Kier alpha value is -3.05. The van der Waals surface area contributed by atoms with Crippen molar-refractivity contribution in [3.05, 3.63) is 74.7 Å². The molecule has 3 N–H and O–H groups in total. The van der Waals surface area contributed by atoms with Crippen molar-refractivity contribution >= 4 is 46.8 Å². The van der Waals surface area contributed by atoms with Crippen molar-refractivity contribution in [2.24, 2.45) is 21.1 Å². The Morgan fingerprint density at radius 2 is 2.08 bits per heavy atom. The van der Waals surface area contributed by atoms with Crippen LogP contribution in [0.3, 0.4) is 0 Å². The largest absolute Gasteiger partial charge is 0.389 e. The molecule has 9 nitrogen and oxygen atoms in total. The molecule has 1 spiro atoms. The molecule has 0 radical (unpaired) electrons. The Kier molecular flexibility index (Phi) is 7.89. The first-order valence-electron chi connectivity index (χ1n) is 13.2. The number of fused-ring (bicyclic) bond motifs is 2. The molecule has 3 heterocycles. The highest BCUT2D eigenvalue weighted by atomic mass is 35.5. The lowest BCUT2D eigenvalue weighted by molar-refractivity contribution is 0.0603. The molecule has 0 bridgehead atoms. The number of hydrogen-bond acceptors (Lipinski definition) is 8. The summed E-state index contributed by atoms with van der Waals surface area (Å²) in [4.78, 5) is 33.8. The van der Waals surface area contributed by atoms with Crippen LogP contribution in [-0.4, -0.2) is 55.8 Å². The van der Waals surface area contributed by atoms with Crippen molar-refractivity contribution in [1.29, 1.82) is 0 Å². The maximum atomic E-state index is 13.1. The van der Waals surface area contributed by atoms with Crippen molar-refractivity contribution in [3.63, 3.8) is 0 Å². The number of nitrogens with zero attached hydrogens (tertiary/aromatic N) is 6. The minimum Gasteiger partial charge on any atom is -0.389 e. The van der Waals surface area contributed by atoms with E-state index >= 15 is 0 Å². The summed E-state index contributed by atoms with van der Waals surface area (Å²) in [5.74, 6) is 0.891. The number of rotatable bonds is 6. The van der Waals surface area contributed by atoms with Crippen LogP contribution >= 0.6 is 23.4 Å². The van der Waals surface area contributed by atoms with Crippen molar-refractivity contribution in [3.8, 4) is 0 Å². The molecule has 1 aliphatic heterocycles. The van der Waals surface area contributed by atoms with Gasteiger partial charge in [0, 0.05) is 35.9 Å². The second kappa shape index (κ2) is 11.1. The molecule has 1 fully saturated rings. The smallest absolute Gasteiger partial charge is 0.262 e. The number of piperidine rings is 1. The molecule has 0 unspecified atom stereocenters. The van der Waals surface area contributed by atoms with E-state index in [-0.39, 0.29) is 28.6 Å². The van der Waals surface area contributed by atoms with Crippen LogP contribution < -0.4 is 11.3 Å². The zero-order chi connectivity index (χ0) is 28.7. The monoisotopic (exact) mass is 579 g/mol. The summed E-state index contributed by atoms with van der Waals surface area (Å²) in [6.07, 6.45) is 7.84. The second-order valence-corrected chi connectivity index (χ2v) is 12.6. The Balaban J connectivity index is 1.30. The number of thioether (sulfide) groups is 1. The number of amidine groups is 1. The van der Waals surface area contributed by atoms with Gasteiger partial charge < -0.3 is 15.7 Å². The second-order valence-electron chi connectivity index (χ2n) is 11.2. The molecule has 1 aromatic carbocycles. The van der Waals surface area contributed by atoms with Crippen molar-refractivity contribution in [1.82, 2.24) is 19.4 Å². The van der Waals surface area contributed by atoms with Gasteiger partial charge in [0.1, 0.15) is 10.9 Å². The van der Waals surface area contributed by atoms with Gasteiger partial charge >= 0.3 is 0 Å². The molecule has 11 heteroatoms. The number of halogens is 1. The third kappa shape index (κ3) is 5.58. The summed E-state index contributed by atoms with van der Waals surface area (Å²) in [7, 11) is 0. The molecule has 2 aromatic heterocycles. The Morgan fingerprint density at radius 1 is 1.32 bits per heavy atom. The van der Waals surface area contributed by atoms with Crippen molar-refractivity contribution < 1.29 is 5.11 Å². The quantitative estimate of drug-likeness (QED) is 0.249. The van der Waals surface area contributed by atoms with E-state index in [1.54, 1.807) is 32.2 Å². The standard InChI is InChI=1S/C29H34ClN7O2S/c1-18(36-12-9-29(10-13-36)14-21-19(26(29)31)6-5-11-33-21)34-15-23(32-4)40-22-8-7-20-24(25(22)30)27(38)37(17-35-20)16-28(2,3)39/h5-8,11,15,17,26,39H,4,9-10,12-14,16,31H2,1-3H3/b23-15+,34-18+/t26-/m0/s1. The SMILES string of the molecule is C=N/C(=C\N=C(/C)N1CCC2(CC1)Cc1ncccc1[C@@H]2N)Sc1ccc2ncn(CC(C)(C)O)c(=O)c2c1Cl. The summed E-state index contributed by atoms with van der Waals surface area (Å²) in [5, 5.41) is 11.3. The molecule has 2 aliphatic rings. The average molecular weight is 580 g/mol. The Morgan fingerprint density at radius 3 is 2.75 bits per heavy atom. The lowest BCUT2D eigenvalue weighted by atomic mass is 9.73. The van der Waals surface area contributed by atoms with Gasteiger partial charge in [-0.3, -0.25) is 19.3 Å². The number of likely N-dealkylation sites (tertiary alicyclic amines) is 1. The van der Waals surface area contributed by atoms with Crippen LogP contribution in [-0.2, 0) is 13.0 Å². The van der Waals surface area contributed by atoms with Gasteiger partial charge in [-0.25, -0.2) is 9.98 Å². The molecule has 1 saturated heterocycles. The highest BCUT2D eigenvalue weighted by molar-refractivity contribution is 8.03. The summed E-state index contributed by atoms with van der Waals surface area (Å²) in [6, 6.07) is 7.65. The first kappa shape index (κ1) is 28.5. The number of aliphatic hydroxyl groups is 1. The van der Waals surface area contributed by atoms with Gasteiger partial charge in [-0.1, -0.05) is 29.4 Å². The molecule has 0 saturated carbocycles. The fourth-order valence-corrected chi connectivity index (χ4v) is 6.73. The van der Waals surface area contributed by atoms with Crippen LogP contribution in [0.4, 0.5) is 0 Å². The van der Waals surface area contributed by atoms with E-state index in [0.29, 0.717) is 20.8 Å². The summed E-state index contributed by atoms with van der Waals surface area (Å²) < 4.78 is 1.37. The van der Waals surface area contributed by atoms with Gasteiger partial charge in [0.2, 0.25) is 0 Å². The zero-order valence-electron chi connectivity index (χ0n) is 23.0. The lowest BCUT2D eigenvalue weighted by Crippen LogP contribution is -2.45. The van der Waals surface area contributed by atoms with E-state index in [1.165, 1.54) is 28.2 Å². The number of benzene rings is 1.